The lowest BCUT2D eigenvalue weighted by Gasteiger charge is -2.56. The molecule has 3 aliphatic rings. The number of aromatic nitrogens is 2. The van der Waals surface area contributed by atoms with Crippen LogP contribution >= 0.6 is 0 Å². The minimum Gasteiger partial charge on any atom is -0.490 e. The van der Waals surface area contributed by atoms with Gasteiger partial charge in [0.05, 0.1) is 18.0 Å². The van der Waals surface area contributed by atoms with Crippen LogP contribution in [0.1, 0.15) is 88.2 Å². The van der Waals surface area contributed by atoms with Gasteiger partial charge in [-0.2, -0.15) is 4.98 Å². The second-order valence-electron chi connectivity index (χ2n) is 16.0. The minimum absolute atomic E-state index is 0.00590. The van der Waals surface area contributed by atoms with Gasteiger partial charge in [-0.05, 0) is 107 Å². The molecule has 1 aromatic heterocycles. The Morgan fingerprint density at radius 2 is 1.71 bits per heavy atom. The van der Waals surface area contributed by atoms with Gasteiger partial charge in [0.25, 0.3) is 21.8 Å². The van der Waals surface area contributed by atoms with E-state index < -0.39 is 15.6 Å². The van der Waals surface area contributed by atoms with Crippen molar-refractivity contribution in [1.82, 2.24) is 19.8 Å². The summed E-state index contributed by atoms with van der Waals surface area (Å²) >= 11 is 0. The number of nitrogens with one attached hydrogen (secondary N) is 1. The molecule has 6 rings (SSSR count). The van der Waals surface area contributed by atoms with Crippen LogP contribution in [-0.2, 0) is 14.8 Å². The van der Waals surface area contributed by atoms with Crippen LogP contribution in [0.5, 0.6) is 11.6 Å². The quantitative estimate of drug-likeness (QED) is 0.294. The van der Waals surface area contributed by atoms with E-state index in [4.69, 9.17) is 14.2 Å². The standard InChI is InChI=1S/C39H51N5O7S/c1-24(2)19-28-23-50-34-33(49-8)32(31-25(3)11-9-12-26(31)4)40-36(41-34)42-52(47,48)30-14-10-13-27(20-30)35(45)44(28)29-21-39(22-29)15-17-43(18-16-39)37(46)51-38(5,6)7/h9-14,20,24,28-29H,15-19,21-23H2,1-8H3,(H,40,41,42)/t28-/m1/s1. The Bertz CT molecular complexity index is 1920. The minimum atomic E-state index is -4.21. The smallest absolute Gasteiger partial charge is 0.410 e. The number of hydrogen-bond donors (Lipinski definition) is 1. The molecule has 1 saturated carbocycles. The van der Waals surface area contributed by atoms with Crippen molar-refractivity contribution >= 4 is 28.0 Å². The number of amides is 2. The van der Waals surface area contributed by atoms with Gasteiger partial charge in [-0.1, -0.05) is 38.1 Å². The molecule has 3 heterocycles. The summed E-state index contributed by atoms with van der Waals surface area (Å²) in [6, 6.07) is 11.5. The van der Waals surface area contributed by atoms with Crippen LogP contribution in [-0.4, -0.2) is 84.7 Å². The Balaban J connectivity index is 1.38. The number of fused-ring (bicyclic) bond motifs is 4. The first kappa shape index (κ1) is 37.4. The summed E-state index contributed by atoms with van der Waals surface area (Å²) in [5.41, 5.74) is 2.74. The number of hydrogen-bond acceptors (Lipinski definition) is 9. The summed E-state index contributed by atoms with van der Waals surface area (Å²) in [7, 11) is -2.70. The van der Waals surface area contributed by atoms with Crippen LogP contribution in [0.3, 0.4) is 0 Å². The van der Waals surface area contributed by atoms with Crippen molar-refractivity contribution in [2.24, 2.45) is 11.3 Å². The van der Waals surface area contributed by atoms with Gasteiger partial charge >= 0.3 is 6.09 Å². The number of likely N-dealkylation sites (tertiary alicyclic amines) is 1. The van der Waals surface area contributed by atoms with Gasteiger partial charge in [-0.3, -0.25) is 4.79 Å². The van der Waals surface area contributed by atoms with E-state index in [1.807, 2.05) is 57.7 Å². The van der Waals surface area contributed by atoms with E-state index in [2.05, 4.69) is 28.5 Å². The van der Waals surface area contributed by atoms with Crippen molar-refractivity contribution in [2.75, 3.05) is 31.5 Å². The van der Waals surface area contributed by atoms with Crippen LogP contribution in [0.15, 0.2) is 47.4 Å². The maximum atomic E-state index is 14.7. The average Bonchev–Trinajstić information content (AvgIpc) is 3.05. The van der Waals surface area contributed by atoms with E-state index >= 15 is 0 Å². The van der Waals surface area contributed by atoms with Gasteiger partial charge in [0.1, 0.15) is 17.9 Å². The molecular formula is C39H51N5O7S. The summed E-state index contributed by atoms with van der Waals surface area (Å²) in [6.45, 7) is 15.0. The molecule has 2 amide bonds. The monoisotopic (exact) mass is 733 g/mol. The molecule has 1 saturated heterocycles. The highest BCUT2D eigenvalue weighted by molar-refractivity contribution is 7.92. The van der Waals surface area contributed by atoms with Gasteiger partial charge in [-0.15, -0.1) is 0 Å². The molecule has 2 aliphatic heterocycles. The van der Waals surface area contributed by atoms with E-state index in [0.29, 0.717) is 25.2 Å². The number of piperidine rings is 1. The number of rotatable bonds is 5. The number of carbonyl (C=O) groups excluding carboxylic acids is 2. The fourth-order valence-corrected chi connectivity index (χ4v) is 8.87. The summed E-state index contributed by atoms with van der Waals surface area (Å²) in [5.74, 6) is 0.154. The van der Waals surface area contributed by atoms with Crippen molar-refractivity contribution in [3.8, 4) is 22.9 Å². The zero-order chi connectivity index (χ0) is 37.6. The normalized spacial score (nSPS) is 20.2. The van der Waals surface area contributed by atoms with Gasteiger partial charge in [0, 0.05) is 30.3 Å². The molecule has 3 aromatic rings. The third-order valence-corrected chi connectivity index (χ3v) is 11.7. The predicted octanol–water partition coefficient (Wildman–Crippen LogP) is 7.00. The first-order valence-electron chi connectivity index (χ1n) is 18.1. The van der Waals surface area contributed by atoms with Gasteiger partial charge < -0.3 is 24.0 Å². The summed E-state index contributed by atoms with van der Waals surface area (Å²) in [6.07, 6.45) is 3.52. The SMILES string of the molecule is COc1c2nc(nc1-c1c(C)cccc1C)NS(=O)(=O)c1cccc(c1)C(=O)N(C1CC3(CCN(C(=O)OC(C)(C)C)CC3)C1)[C@H](CC(C)C)CO2. The van der Waals surface area contributed by atoms with E-state index in [-0.39, 0.29) is 70.1 Å². The molecule has 52 heavy (non-hydrogen) atoms. The van der Waals surface area contributed by atoms with Crippen molar-refractivity contribution in [1.29, 1.82) is 0 Å². The Morgan fingerprint density at radius 1 is 1.06 bits per heavy atom. The molecule has 1 aliphatic carbocycles. The predicted molar refractivity (Wildman–Crippen MR) is 198 cm³/mol. The largest absolute Gasteiger partial charge is 0.490 e. The fourth-order valence-electron chi connectivity index (χ4n) is 7.89. The number of ether oxygens (including phenoxy) is 3. The highest BCUT2D eigenvalue weighted by Crippen LogP contribution is 2.52. The molecule has 0 radical (unpaired) electrons. The number of carbonyl (C=O) groups is 2. The Morgan fingerprint density at radius 3 is 2.33 bits per heavy atom. The molecule has 2 aromatic carbocycles. The van der Waals surface area contributed by atoms with E-state index in [1.165, 1.54) is 19.2 Å². The highest BCUT2D eigenvalue weighted by atomic mass is 32.2. The van der Waals surface area contributed by atoms with E-state index in [9.17, 15) is 18.0 Å². The maximum absolute atomic E-state index is 14.7. The van der Waals surface area contributed by atoms with Crippen LogP contribution in [0.2, 0.25) is 0 Å². The topological polar surface area (TPSA) is 140 Å². The molecule has 13 heteroatoms. The number of nitrogens with zero attached hydrogens (tertiary/aromatic N) is 4. The number of aryl methyl sites for hydroxylation is 2. The molecule has 280 valence electrons. The Labute approximate surface area is 307 Å². The molecule has 1 spiro atoms. The van der Waals surface area contributed by atoms with Crippen molar-refractivity contribution in [3.63, 3.8) is 0 Å². The van der Waals surface area contributed by atoms with Crippen LogP contribution in [0.4, 0.5) is 10.7 Å². The third-order valence-electron chi connectivity index (χ3n) is 10.4. The zero-order valence-corrected chi connectivity index (χ0v) is 32.3. The summed E-state index contributed by atoms with van der Waals surface area (Å²) in [5, 5.41) is 0. The first-order chi connectivity index (χ1) is 24.5. The fraction of sp³-hybridized carbons (Fsp3) is 0.538. The van der Waals surface area contributed by atoms with Gasteiger partial charge in [0.15, 0.2) is 0 Å². The molecule has 2 fully saturated rings. The number of methoxy groups -OCH3 is 1. The van der Waals surface area contributed by atoms with Crippen LogP contribution in [0.25, 0.3) is 11.3 Å². The van der Waals surface area contributed by atoms with E-state index in [1.54, 1.807) is 17.0 Å². The lowest BCUT2D eigenvalue weighted by atomic mass is 9.59. The average molecular weight is 734 g/mol. The molecule has 4 bridgehead atoms. The van der Waals surface area contributed by atoms with Crippen molar-refractivity contribution in [2.45, 2.75) is 103 Å². The van der Waals surface area contributed by atoms with E-state index in [0.717, 1.165) is 42.4 Å². The number of sulfonamides is 1. The van der Waals surface area contributed by atoms with Gasteiger partial charge in [-0.25, -0.2) is 22.9 Å². The Kier molecular flexibility index (Phi) is 10.2. The maximum Gasteiger partial charge on any atom is 0.410 e. The Hall–Kier alpha value is -4.39. The molecule has 1 N–H and O–H groups in total. The van der Waals surface area contributed by atoms with Gasteiger partial charge in [0.2, 0.25) is 11.7 Å². The lowest BCUT2D eigenvalue weighted by molar-refractivity contribution is -0.0555. The second kappa shape index (κ2) is 14.2. The van der Waals surface area contributed by atoms with Crippen molar-refractivity contribution < 1.29 is 32.2 Å². The van der Waals surface area contributed by atoms with Crippen LogP contribution < -0.4 is 14.2 Å². The highest BCUT2D eigenvalue weighted by Gasteiger charge is 2.51. The summed E-state index contributed by atoms with van der Waals surface area (Å²) < 4.78 is 48.2. The second-order valence-corrected chi connectivity index (χ2v) is 17.7. The number of anilines is 1. The van der Waals surface area contributed by atoms with Crippen LogP contribution in [0, 0.1) is 25.2 Å². The molecular weight excluding hydrogens is 683 g/mol. The zero-order valence-electron chi connectivity index (χ0n) is 31.5. The third kappa shape index (κ3) is 7.69. The first-order valence-corrected chi connectivity index (χ1v) is 19.6. The molecule has 0 unspecified atom stereocenters. The summed E-state index contributed by atoms with van der Waals surface area (Å²) in [4.78, 5) is 40.3. The molecule has 12 nitrogen and oxygen atoms in total. The number of benzene rings is 2. The lowest BCUT2D eigenvalue weighted by Crippen LogP contribution is -2.60. The molecule has 1 atom stereocenters. The van der Waals surface area contributed by atoms with Crippen molar-refractivity contribution in [3.05, 3.63) is 59.2 Å².